The highest BCUT2D eigenvalue weighted by atomic mass is 16.5. The quantitative estimate of drug-likeness (QED) is 0.488. The van der Waals surface area contributed by atoms with Crippen molar-refractivity contribution in [1.29, 1.82) is 0 Å². The first-order valence-corrected chi connectivity index (χ1v) is 7.87. The zero-order valence-electron chi connectivity index (χ0n) is 13.7. The summed E-state index contributed by atoms with van der Waals surface area (Å²) >= 11 is 0. The molecule has 8 nitrogen and oxygen atoms in total. The molecule has 0 aliphatic carbocycles. The van der Waals surface area contributed by atoms with Crippen LogP contribution in [0.2, 0.25) is 0 Å². The van der Waals surface area contributed by atoms with Crippen molar-refractivity contribution in [2.45, 2.75) is 0 Å². The van der Waals surface area contributed by atoms with E-state index in [1.807, 2.05) is 0 Å². The molecule has 26 heavy (non-hydrogen) atoms. The van der Waals surface area contributed by atoms with Crippen LogP contribution in [-0.4, -0.2) is 31.5 Å². The van der Waals surface area contributed by atoms with Crippen LogP contribution < -0.4 is 21.0 Å². The average molecular weight is 356 g/mol. The summed E-state index contributed by atoms with van der Waals surface area (Å²) in [6.07, 6.45) is 1.41. The van der Waals surface area contributed by atoms with Gasteiger partial charge >= 0.3 is 5.63 Å². The molecule has 2 heterocycles. The van der Waals surface area contributed by atoms with Crippen LogP contribution in [0.1, 0.15) is 10.6 Å². The van der Waals surface area contributed by atoms with E-state index >= 15 is 0 Å². The van der Waals surface area contributed by atoms with Crippen molar-refractivity contribution in [3.8, 4) is 5.75 Å². The van der Waals surface area contributed by atoms with Crippen LogP contribution in [0.5, 0.6) is 5.75 Å². The molecule has 0 aliphatic rings. The lowest BCUT2D eigenvalue weighted by atomic mass is 10.2. The van der Waals surface area contributed by atoms with Crippen molar-refractivity contribution >= 4 is 22.8 Å². The molecule has 2 aromatic heterocycles. The Morgan fingerprint density at radius 1 is 1.04 bits per heavy atom. The summed E-state index contributed by atoms with van der Waals surface area (Å²) < 4.78 is 15.4. The maximum atomic E-state index is 11.8. The van der Waals surface area contributed by atoms with E-state index in [-0.39, 0.29) is 37.3 Å². The number of benzene rings is 1. The summed E-state index contributed by atoms with van der Waals surface area (Å²) in [6, 6.07) is 11.1. The number of rotatable bonds is 7. The summed E-state index contributed by atoms with van der Waals surface area (Å²) in [6.45, 7) is 0.308. The molecule has 0 radical (unpaired) electrons. The fraction of sp³-hybridized carbons (Fsp3) is 0.167. The van der Waals surface area contributed by atoms with Crippen LogP contribution in [0.4, 0.5) is 0 Å². The normalized spacial score (nSPS) is 10.5. The summed E-state index contributed by atoms with van der Waals surface area (Å²) in [5, 5.41) is 5.98. The van der Waals surface area contributed by atoms with E-state index in [1.165, 1.54) is 12.3 Å². The fourth-order valence-corrected chi connectivity index (χ4v) is 2.20. The molecular weight excluding hydrogens is 340 g/mol. The van der Waals surface area contributed by atoms with Crippen molar-refractivity contribution in [1.82, 2.24) is 10.6 Å². The van der Waals surface area contributed by atoms with E-state index in [1.54, 1.807) is 36.4 Å². The molecule has 8 heteroatoms. The Hall–Kier alpha value is -3.55. The number of fused-ring (bicyclic) bond motifs is 1. The number of furan rings is 1. The second-order valence-electron chi connectivity index (χ2n) is 5.33. The topological polar surface area (TPSA) is 111 Å². The number of nitrogens with one attached hydrogen (secondary N) is 2. The van der Waals surface area contributed by atoms with Gasteiger partial charge in [-0.1, -0.05) is 0 Å². The number of hydrogen-bond acceptors (Lipinski definition) is 6. The van der Waals surface area contributed by atoms with E-state index in [4.69, 9.17) is 13.6 Å². The monoisotopic (exact) mass is 356 g/mol. The highest BCUT2D eigenvalue weighted by molar-refractivity contribution is 5.91. The third-order valence-corrected chi connectivity index (χ3v) is 3.44. The Balaban J connectivity index is 1.41. The second-order valence-corrected chi connectivity index (χ2v) is 5.33. The molecule has 0 aliphatic heterocycles. The van der Waals surface area contributed by atoms with Gasteiger partial charge in [0.2, 0.25) is 0 Å². The predicted octanol–water partition coefficient (Wildman–Crippen LogP) is 1.31. The minimum atomic E-state index is -0.455. The van der Waals surface area contributed by atoms with Crippen LogP contribution in [0.3, 0.4) is 0 Å². The number of hydrogen-bond donors (Lipinski definition) is 2. The highest BCUT2D eigenvalue weighted by Gasteiger charge is 2.08. The van der Waals surface area contributed by atoms with Crippen LogP contribution >= 0.6 is 0 Å². The van der Waals surface area contributed by atoms with Gasteiger partial charge in [-0.25, -0.2) is 4.79 Å². The molecule has 2 N–H and O–H groups in total. The standard InChI is InChI=1S/C18H16N2O6/c21-16(19-7-8-20-18(23)14-2-1-9-24-14)11-25-13-5-3-12-4-6-17(22)26-15(12)10-13/h1-6,9-10H,7-8,11H2,(H,19,21)(H,20,23). The molecule has 0 atom stereocenters. The van der Waals surface area contributed by atoms with Gasteiger partial charge in [-0.2, -0.15) is 0 Å². The number of amides is 2. The Kier molecular flexibility index (Phi) is 5.33. The molecular formula is C18H16N2O6. The van der Waals surface area contributed by atoms with Gasteiger partial charge in [0.05, 0.1) is 6.26 Å². The number of ether oxygens (including phenoxy) is 1. The average Bonchev–Trinajstić information content (AvgIpc) is 3.18. The molecule has 0 fully saturated rings. The van der Waals surface area contributed by atoms with E-state index in [0.717, 1.165) is 5.39 Å². The van der Waals surface area contributed by atoms with Gasteiger partial charge in [0.1, 0.15) is 11.3 Å². The Morgan fingerprint density at radius 2 is 1.85 bits per heavy atom. The maximum Gasteiger partial charge on any atom is 0.336 e. The molecule has 134 valence electrons. The van der Waals surface area contributed by atoms with Gasteiger partial charge in [0.15, 0.2) is 12.4 Å². The van der Waals surface area contributed by atoms with Crippen LogP contribution in [-0.2, 0) is 4.79 Å². The lowest BCUT2D eigenvalue weighted by Crippen LogP contribution is -2.36. The molecule has 0 saturated heterocycles. The largest absolute Gasteiger partial charge is 0.484 e. The molecule has 0 bridgehead atoms. The Bertz CT molecular complexity index is 961. The van der Waals surface area contributed by atoms with Crippen LogP contribution in [0.15, 0.2) is 62.4 Å². The number of carbonyl (C=O) groups excluding carboxylic acids is 2. The SMILES string of the molecule is O=C(COc1ccc2ccc(=O)oc2c1)NCCNC(=O)c1ccco1. The summed E-state index contributed by atoms with van der Waals surface area (Å²) in [7, 11) is 0. The Labute approximate surface area is 147 Å². The van der Waals surface area contributed by atoms with Gasteiger partial charge < -0.3 is 24.2 Å². The minimum Gasteiger partial charge on any atom is -0.484 e. The third-order valence-electron chi connectivity index (χ3n) is 3.44. The van der Waals surface area contributed by atoms with Crippen LogP contribution in [0, 0.1) is 0 Å². The highest BCUT2D eigenvalue weighted by Crippen LogP contribution is 2.19. The first kappa shape index (κ1) is 17.3. The van der Waals surface area contributed by atoms with E-state index in [2.05, 4.69) is 10.6 Å². The molecule has 0 unspecified atom stereocenters. The van der Waals surface area contributed by atoms with Gasteiger partial charge in [0.25, 0.3) is 11.8 Å². The molecule has 3 rings (SSSR count). The zero-order chi connectivity index (χ0) is 18.4. The molecule has 1 aromatic carbocycles. The van der Waals surface area contributed by atoms with E-state index in [0.29, 0.717) is 11.3 Å². The lowest BCUT2D eigenvalue weighted by molar-refractivity contribution is -0.123. The van der Waals surface area contributed by atoms with Crippen molar-refractivity contribution in [3.63, 3.8) is 0 Å². The van der Waals surface area contributed by atoms with Crippen molar-refractivity contribution in [2.75, 3.05) is 19.7 Å². The first-order chi connectivity index (χ1) is 12.6. The molecule has 0 spiro atoms. The van der Waals surface area contributed by atoms with Crippen LogP contribution in [0.25, 0.3) is 11.0 Å². The van der Waals surface area contributed by atoms with Crippen molar-refractivity contribution in [3.05, 3.63) is 64.9 Å². The second kappa shape index (κ2) is 8.02. The fourth-order valence-electron chi connectivity index (χ4n) is 2.20. The lowest BCUT2D eigenvalue weighted by Gasteiger charge is -2.08. The van der Waals surface area contributed by atoms with Crippen molar-refractivity contribution < 1.29 is 23.2 Å². The van der Waals surface area contributed by atoms with Gasteiger partial charge in [-0.3, -0.25) is 9.59 Å². The molecule has 3 aromatic rings. The predicted molar refractivity (Wildman–Crippen MR) is 92.0 cm³/mol. The van der Waals surface area contributed by atoms with E-state index < -0.39 is 5.63 Å². The summed E-state index contributed by atoms with van der Waals surface area (Å²) in [5.41, 5.74) is -0.0694. The van der Waals surface area contributed by atoms with Crippen molar-refractivity contribution in [2.24, 2.45) is 0 Å². The smallest absolute Gasteiger partial charge is 0.336 e. The zero-order valence-corrected chi connectivity index (χ0v) is 13.7. The Morgan fingerprint density at radius 3 is 2.65 bits per heavy atom. The van der Waals surface area contributed by atoms with E-state index in [9.17, 15) is 14.4 Å². The van der Waals surface area contributed by atoms with Gasteiger partial charge in [0, 0.05) is 30.6 Å². The van der Waals surface area contributed by atoms with Gasteiger partial charge in [-0.15, -0.1) is 0 Å². The third kappa shape index (κ3) is 4.50. The molecule has 0 saturated carbocycles. The summed E-state index contributed by atoms with van der Waals surface area (Å²) in [5.74, 6) is -0.0687. The van der Waals surface area contributed by atoms with Gasteiger partial charge in [-0.05, 0) is 30.3 Å². The number of carbonyl (C=O) groups is 2. The maximum absolute atomic E-state index is 11.8. The molecule has 2 amide bonds. The minimum absolute atomic E-state index is 0.200. The summed E-state index contributed by atoms with van der Waals surface area (Å²) in [4.78, 5) is 34.6. The first-order valence-electron chi connectivity index (χ1n) is 7.87.